The monoisotopic (exact) mass is 446 g/mol. The van der Waals surface area contributed by atoms with Gasteiger partial charge in [0.25, 0.3) is 8.32 Å². The fraction of sp³-hybridized carbons (Fsp3) is 0.321. The highest BCUT2D eigenvalue weighted by Gasteiger charge is 2.51. The molecule has 0 amide bonds. The molecule has 3 nitrogen and oxygen atoms in total. The first-order valence-corrected chi connectivity index (χ1v) is 13.2. The van der Waals surface area contributed by atoms with Crippen molar-refractivity contribution in [1.82, 2.24) is 0 Å². The molecule has 168 valence electrons. The summed E-state index contributed by atoms with van der Waals surface area (Å²) in [6.45, 7) is 7.87. The molecule has 0 aliphatic carbocycles. The van der Waals surface area contributed by atoms with E-state index in [-0.39, 0.29) is 11.1 Å². The van der Waals surface area contributed by atoms with Gasteiger partial charge in [-0.25, -0.2) is 0 Å². The van der Waals surface area contributed by atoms with E-state index in [4.69, 9.17) is 9.16 Å². The first kappa shape index (κ1) is 24.1. The SMILES string of the molecule is CC(C)(C)[Si](O[C@H](CC=O)CCOCc1ccccc1)(c1ccccc1)c1ccccc1. The lowest BCUT2D eigenvalue weighted by Gasteiger charge is -2.45. The summed E-state index contributed by atoms with van der Waals surface area (Å²) in [4.78, 5) is 11.6. The Bertz CT molecular complexity index is 897. The van der Waals surface area contributed by atoms with Gasteiger partial charge in [-0.05, 0) is 27.4 Å². The van der Waals surface area contributed by atoms with Crippen LogP contribution in [-0.4, -0.2) is 27.3 Å². The molecule has 0 aromatic heterocycles. The van der Waals surface area contributed by atoms with Crippen LogP contribution in [0.2, 0.25) is 5.04 Å². The van der Waals surface area contributed by atoms with E-state index in [1.807, 2.05) is 30.3 Å². The Hall–Kier alpha value is -2.53. The molecule has 0 aliphatic heterocycles. The highest BCUT2D eigenvalue weighted by atomic mass is 28.4. The topological polar surface area (TPSA) is 35.5 Å². The minimum Gasteiger partial charge on any atom is -0.404 e. The molecule has 0 fully saturated rings. The third kappa shape index (κ3) is 5.83. The van der Waals surface area contributed by atoms with Crippen LogP contribution in [0.3, 0.4) is 0 Å². The molecular formula is C28H34O3Si. The Balaban J connectivity index is 1.86. The van der Waals surface area contributed by atoms with E-state index in [0.29, 0.717) is 26.1 Å². The third-order valence-electron chi connectivity index (χ3n) is 5.82. The van der Waals surface area contributed by atoms with Crippen molar-refractivity contribution in [1.29, 1.82) is 0 Å². The Morgan fingerprint density at radius 3 is 1.78 bits per heavy atom. The summed E-state index contributed by atoms with van der Waals surface area (Å²) < 4.78 is 13.0. The van der Waals surface area contributed by atoms with Crippen molar-refractivity contribution in [3.05, 3.63) is 96.6 Å². The predicted octanol–water partition coefficient (Wildman–Crippen LogP) is 5.13. The molecule has 3 rings (SSSR count). The number of ether oxygens (including phenoxy) is 1. The molecule has 4 heteroatoms. The number of hydrogen-bond acceptors (Lipinski definition) is 3. The van der Waals surface area contributed by atoms with E-state index < -0.39 is 8.32 Å². The van der Waals surface area contributed by atoms with E-state index in [2.05, 4.69) is 81.4 Å². The molecule has 0 N–H and O–H groups in total. The van der Waals surface area contributed by atoms with Crippen LogP contribution in [0, 0.1) is 0 Å². The highest BCUT2D eigenvalue weighted by Crippen LogP contribution is 2.38. The number of carbonyl (C=O) groups excluding carboxylic acids is 1. The second-order valence-corrected chi connectivity index (χ2v) is 13.4. The van der Waals surface area contributed by atoms with Crippen LogP contribution in [0.25, 0.3) is 0 Å². The van der Waals surface area contributed by atoms with Gasteiger partial charge in [0.15, 0.2) is 0 Å². The Kier molecular flexibility index (Phi) is 8.57. The van der Waals surface area contributed by atoms with Crippen LogP contribution >= 0.6 is 0 Å². The molecule has 32 heavy (non-hydrogen) atoms. The molecule has 0 saturated carbocycles. The lowest BCUT2D eigenvalue weighted by Crippen LogP contribution is -2.67. The average Bonchev–Trinajstić information content (AvgIpc) is 2.81. The number of aldehydes is 1. The standard InChI is InChI=1S/C28H34O3Si/c1-28(2,3)32(26-15-9-5-10-16-26,27-17-11-6-12-18-27)31-25(19-21-29)20-22-30-23-24-13-7-4-8-14-24/h4-18,21,25H,19-20,22-23H2,1-3H3/t25-/m1/s1. The second kappa shape index (κ2) is 11.4. The van der Waals surface area contributed by atoms with Gasteiger partial charge in [-0.1, -0.05) is 112 Å². The van der Waals surface area contributed by atoms with Crippen LogP contribution in [0.15, 0.2) is 91.0 Å². The van der Waals surface area contributed by atoms with Gasteiger partial charge in [-0.2, -0.15) is 0 Å². The maximum absolute atomic E-state index is 11.6. The quantitative estimate of drug-likeness (QED) is 0.233. The zero-order valence-corrected chi connectivity index (χ0v) is 20.4. The second-order valence-electron chi connectivity index (χ2n) is 9.13. The number of benzene rings is 3. The van der Waals surface area contributed by atoms with Gasteiger partial charge in [0.05, 0.1) is 12.7 Å². The van der Waals surface area contributed by atoms with E-state index in [0.717, 1.165) is 11.8 Å². The van der Waals surface area contributed by atoms with E-state index in [1.54, 1.807) is 0 Å². The van der Waals surface area contributed by atoms with Crippen molar-refractivity contribution in [2.45, 2.75) is 51.4 Å². The molecule has 0 heterocycles. The van der Waals surface area contributed by atoms with Crippen LogP contribution in [0.4, 0.5) is 0 Å². The summed E-state index contributed by atoms with van der Waals surface area (Å²) in [5, 5.41) is 2.32. The molecular weight excluding hydrogens is 412 g/mol. The van der Waals surface area contributed by atoms with Gasteiger partial charge >= 0.3 is 0 Å². The Labute approximate surface area is 193 Å². The van der Waals surface area contributed by atoms with Crippen molar-refractivity contribution in [3.63, 3.8) is 0 Å². The number of carbonyl (C=O) groups is 1. The third-order valence-corrected chi connectivity index (χ3v) is 10.9. The molecule has 3 aromatic rings. The van der Waals surface area contributed by atoms with E-state index in [9.17, 15) is 4.79 Å². The molecule has 0 unspecified atom stereocenters. The van der Waals surface area contributed by atoms with E-state index >= 15 is 0 Å². The predicted molar refractivity (Wildman–Crippen MR) is 134 cm³/mol. The van der Waals surface area contributed by atoms with Gasteiger partial charge in [0.1, 0.15) is 6.29 Å². The zero-order valence-electron chi connectivity index (χ0n) is 19.4. The van der Waals surface area contributed by atoms with Crippen molar-refractivity contribution in [2.24, 2.45) is 0 Å². The number of hydrogen-bond donors (Lipinski definition) is 0. The van der Waals surface area contributed by atoms with E-state index in [1.165, 1.54) is 10.4 Å². The minimum atomic E-state index is -2.69. The fourth-order valence-corrected chi connectivity index (χ4v) is 8.98. The molecule has 3 aromatic carbocycles. The van der Waals surface area contributed by atoms with Crippen LogP contribution in [-0.2, 0) is 20.6 Å². The van der Waals surface area contributed by atoms with Crippen molar-refractivity contribution >= 4 is 25.0 Å². The maximum Gasteiger partial charge on any atom is 0.261 e. The van der Waals surface area contributed by atoms with Gasteiger partial charge in [-0.3, -0.25) is 0 Å². The summed E-state index contributed by atoms with van der Waals surface area (Å²) in [7, 11) is -2.69. The highest BCUT2D eigenvalue weighted by molar-refractivity contribution is 6.99. The summed E-state index contributed by atoms with van der Waals surface area (Å²) in [6.07, 6.45) is 1.81. The van der Waals surface area contributed by atoms with Gasteiger partial charge in [0, 0.05) is 13.0 Å². The summed E-state index contributed by atoms with van der Waals surface area (Å²) in [5.74, 6) is 0. The van der Waals surface area contributed by atoms with Gasteiger partial charge in [-0.15, -0.1) is 0 Å². The molecule has 1 atom stereocenters. The normalized spacial score (nSPS) is 13.0. The fourth-order valence-electron chi connectivity index (χ4n) is 4.25. The van der Waals surface area contributed by atoms with Crippen molar-refractivity contribution < 1.29 is 14.0 Å². The first-order chi connectivity index (χ1) is 15.5. The maximum atomic E-state index is 11.6. The Morgan fingerprint density at radius 1 is 0.812 bits per heavy atom. The first-order valence-electron chi connectivity index (χ1n) is 11.3. The summed E-state index contributed by atoms with van der Waals surface area (Å²) in [5.41, 5.74) is 1.15. The van der Waals surface area contributed by atoms with Crippen LogP contribution in [0.5, 0.6) is 0 Å². The molecule has 0 spiro atoms. The lowest BCUT2D eigenvalue weighted by molar-refractivity contribution is -0.109. The zero-order chi connectivity index (χ0) is 22.9. The smallest absolute Gasteiger partial charge is 0.261 e. The molecule has 0 aliphatic rings. The van der Waals surface area contributed by atoms with Crippen LogP contribution < -0.4 is 10.4 Å². The van der Waals surface area contributed by atoms with Crippen molar-refractivity contribution in [2.75, 3.05) is 6.61 Å². The molecule has 0 radical (unpaired) electrons. The van der Waals surface area contributed by atoms with Crippen LogP contribution in [0.1, 0.15) is 39.2 Å². The van der Waals surface area contributed by atoms with Gasteiger partial charge in [0.2, 0.25) is 0 Å². The summed E-state index contributed by atoms with van der Waals surface area (Å²) in [6, 6.07) is 31.2. The minimum absolute atomic E-state index is 0.123. The lowest BCUT2D eigenvalue weighted by atomic mass is 10.2. The van der Waals surface area contributed by atoms with Crippen molar-refractivity contribution in [3.8, 4) is 0 Å². The van der Waals surface area contributed by atoms with Gasteiger partial charge < -0.3 is 14.0 Å². The largest absolute Gasteiger partial charge is 0.404 e. The summed E-state index contributed by atoms with van der Waals surface area (Å²) >= 11 is 0. The average molecular weight is 447 g/mol. The molecule has 0 saturated heterocycles. The number of rotatable bonds is 11. The Morgan fingerprint density at radius 2 is 1.31 bits per heavy atom. The molecule has 0 bridgehead atoms.